The Hall–Kier alpha value is -0.120. The number of hydrogen-bond acceptors (Lipinski definition) is 2. The average molecular weight is 399 g/mol. The summed E-state index contributed by atoms with van der Waals surface area (Å²) in [6.45, 7) is 10.8. The van der Waals surface area contributed by atoms with Crippen LogP contribution in [0.15, 0.2) is 22.7 Å². The summed E-state index contributed by atoms with van der Waals surface area (Å²) in [5.41, 5.74) is 2.75. The molecule has 2 saturated carbocycles. The highest BCUT2D eigenvalue weighted by Gasteiger charge is 2.50. The summed E-state index contributed by atoms with van der Waals surface area (Å²) in [4.78, 5) is 2.18. The van der Waals surface area contributed by atoms with Crippen LogP contribution in [-0.4, -0.2) is 22.9 Å². The molecule has 0 aromatic carbocycles. The first-order valence-corrected chi connectivity index (χ1v) is 10.6. The van der Waals surface area contributed by atoms with E-state index in [9.17, 15) is 10.2 Å². The van der Waals surface area contributed by atoms with Gasteiger partial charge in [0.25, 0.3) is 0 Å². The Morgan fingerprint density at radius 1 is 1.46 bits per heavy atom. The number of fused-ring (bicyclic) bond motifs is 1. The van der Waals surface area contributed by atoms with Gasteiger partial charge in [0.2, 0.25) is 0 Å². The van der Waals surface area contributed by atoms with E-state index in [1.807, 2.05) is 0 Å². The Bertz CT molecular complexity index is 472. The van der Waals surface area contributed by atoms with E-state index in [2.05, 4.69) is 48.3 Å². The Kier molecular flexibility index (Phi) is 7.16. The second-order valence-corrected chi connectivity index (χ2v) is 8.85. The summed E-state index contributed by atoms with van der Waals surface area (Å²) in [6, 6.07) is 0. The minimum Gasteiger partial charge on any atom is -0.392 e. The standard InChI is InChI=1S/C21H35BrO2/c1-5-17(15(3)13-23)20(24)11-14(2)18-8-9-19-16(12-22)7-6-10-21(18,19)4/h12,14,17-20,23-24H,3,5-11,13H2,1-2,4H3/b16-12+/t14-,17-,18-,19+,20+,21-/m1/s1. The van der Waals surface area contributed by atoms with Gasteiger partial charge in [-0.05, 0) is 78.7 Å². The second-order valence-electron chi connectivity index (χ2n) is 8.39. The van der Waals surface area contributed by atoms with Crippen molar-refractivity contribution in [3.05, 3.63) is 22.7 Å². The molecule has 0 unspecified atom stereocenters. The maximum absolute atomic E-state index is 10.7. The summed E-state index contributed by atoms with van der Waals surface area (Å²) in [5, 5.41) is 20.1. The summed E-state index contributed by atoms with van der Waals surface area (Å²) in [6.07, 6.45) is 7.68. The highest BCUT2D eigenvalue weighted by Crippen LogP contribution is 2.60. The van der Waals surface area contributed by atoms with Crippen molar-refractivity contribution in [2.24, 2.45) is 29.1 Å². The molecule has 6 atom stereocenters. The minimum absolute atomic E-state index is 0.0202. The van der Waals surface area contributed by atoms with E-state index < -0.39 is 0 Å². The van der Waals surface area contributed by atoms with Crippen molar-refractivity contribution in [3.63, 3.8) is 0 Å². The third-order valence-corrected chi connectivity index (χ3v) is 7.70. The molecule has 0 saturated heterocycles. The number of allylic oxidation sites excluding steroid dienone is 1. The largest absolute Gasteiger partial charge is 0.392 e. The molecular formula is C21H35BrO2. The first kappa shape index (κ1) is 20.2. The summed E-state index contributed by atoms with van der Waals surface area (Å²) < 4.78 is 0. The minimum atomic E-state index is -0.387. The number of aliphatic hydroxyl groups is 2. The molecule has 0 aliphatic heterocycles. The average Bonchev–Trinajstić information content (AvgIpc) is 2.92. The number of rotatable bonds is 7. The van der Waals surface area contributed by atoms with Crippen molar-refractivity contribution in [2.75, 3.05) is 6.61 Å². The molecule has 2 aliphatic rings. The van der Waals surface area contributed by atoms with Gasteiger partial charge in [-0.1, -0.05) is 48.9 Å². The third kappa shape index (κ3) is 3.83. The molecule has 0 aromatic heterocycles. The van der Waals surface area contributed by atoms with Crippen LogP contribution in [0.25, 0.3) is 0 Å². The maximum Gasteiger partial charge on any atom is 0.0642 e. The first-order valence-electron chi connectivity index (χ1n) is 9.64. The lowest BCUT2D eigenvalue weighted by Crippen LogP contribution is -2.37. The zero-order chi connectivity index (χ0) is 17.9. The normalized spacial score (nSPS) is 35.5. The van der Waals surface area contributed by atoms with Crippen LogP contribution in [0.2, 0.25) is 0 Å². The Labute approximate surface area is 156 Å². The number of halogens is 1. The fourth-order valence-electron chi connectivity index (χ4n) is 5.80. The van der Waals surface area contributed by atoms with Crippen molar-refractivity contribution in [3.8, 4) is 0 Å². The second kappa shape index (κ2) is 8.51. The number of hydrogen-bond donors (Lipinski definition) is 2. The Morgan fingerprint density at radius 2 is 2.17 bits per heavy atom. The van der Waals surface area contributed by atoms with E-state index in [0.717, 1.165) is 18.4 Å². The Morgan fingerprint density at radius 3 is 2.75 bits per heavy atom. The highest BCUT2D eigenvalue weighted by atomic mass is 79.9. The van der Waals surface area contributed by atoms with Crippen molar-refractivity contribution in [1.29, 1.82) is 0 Å². The van der Waals surface area contributed by atoms with E-state index >= 15 is 0 Å². The summed E-state index contributed by atoms with van der Waals surface area (Å²) in [7, 11) is 0. The molecule has 3 heteroatoms. The van der Waals surface area contributed by atoms with E-state index in [1.54, 1.807) is 5.57 Å². The molecule has 0 aromatic rings. The van der Waals surface area contributed by atoms with Crippen LogP contribution < -0.4 is 0 Å². The lowest BCUT2D eigenvalue weighted by molar-refractivity contribution is 0.0445. The first-order chi connectivity index (χ1) is 11.4. The molecule has 2 fully saturated rings. The topological polar surface area (TPSA) is 40.5 Å². The van der Waals surface area contributed by atoms with Gasteiger partial charge in [-0.15, -0.1) is 0 Å². The van der Waals surface area contributed by atoms with Crippen LogP contribution >= 0.6 is 15.9 Å². The maximum atomic E-state index is 10.7. The fraction of sp³-hybridized carbons (Fsp3) is 0.810. The summed E-state index contributed by atoms with van der Waals surface area (Å²) in [5.74, 6) is 1.92. The molecule has 2 N–H and O–H groups in total. The van der Waals surface area contributed by atoms with Crippen LogP contribution in [0.5, 0.6) is 0 Å². The molecule has 0 spiro atoms. The van der Waals surface area contributed by atoms with E-state index in [-0.39, 0.29) is 18.6 Å². The van der Waals surface area contributed by atoms with Crippen LogP contribution in [0.4, 0.5) is 0 Å². The van der Waals surface area contributed by atoms with Gasteiger partial charge < -0.3 is 10.2 Å². The molecule has 138 valence electrons. The lowest BCUT2D eigenvalue weighted by Gasteiger charge is -2.44. The van der Waals surface area contributed by atoms with Gasteiger partial charge >= 0.3 is 0 Å². The van der Waals surface area contributed by atoms with Crippen molar-refractivity contribution in [2.45, 2.75) is 71.8 Å². The molecule has 24 heavy (non-hydrogen) atoms. The van der Waals surface area contributed by atoms with E-state index in [0.29, 0.717) is 23.2 Å². The van der Waals surface area contributed by atoms with Crippen LogP contribution in [0.1, 0.15) is 65.7 Å². The van der Waals surface area contributed by atoms with Gasteiger partial charge in [0.1, 0.15) is 0 Å². The fourth-order valence-corrected chi connectivity index (χ4v) is 6.35. The molecule has 2 aliphatic carbocycles. The number of aliphatic hydroxyl groups excluding tert-OH is 2. The lowest BCUT2D eigenvalue weighted by atomic mass is 9.61. The van der Waals surface area contributed by atoms with Crippen LogP contribution in [0.3, 0.4) is 0 Å². The van der Waals surface area contributed by atoms with Gasteiger partial charge in [0.05, 0.1) is 12.7 Å². The third-order valence-electron chi connectivity index (χ3n) is 7.11. The van der Waals surface area contributed by atoms with Gasteiger partial charge in [0.15, 0.2) is 0 Å². The van der Waals surface area contributed by atoms with Gasteiger partial charge in [-0.3, -0.25) is 0 Å². The van der Waals surface area contributed by atoms with E-state index in [1.165, 1.54) is 32.1 Å². The molecular weight excluding hydrogens is 364 g/mol. The van der Waals surface area contributed by atoms with Crippen LogP contribution in [0, 0.1) is 29.1 Å². The molecule has 2 rings (SSSR count). The zero-order valence-electron chi connectivity index (χ0n) is 15.6. The predicted molar refractivity (Wildman–Crippen MR) is 105 cm³/mol. The SMILES string of the molecule is C=C(CO)[C@@H](CC)[C@@H](O)C[C@@H](C)[C@H]1CC[C@H]2/C(=C/Br)CCC[C@]12C. The highest BCUT2D eigenvalue weighted by molar-refractivity contribution is 9.11. The molecule has 2 nitrogen and oxygen atoms in total. The zero-order valence-corrected chi connectivity index (χ0v) is 17.2. The van der Waals surface area contributed by atoms with Gasteiger partial charge in [-0.25, -0.2) is 0 Å². The quantitative estimate of drug-likeness (QED) is 0.560. The molecule has 0 heterocycles. The van der Waals surface area contributed by atoms with E-state index in [4.69, 9.17) is 0 Å². The molecule has 0 amide bonds. The Balaban J connectivity index is 2.07. The monoisotopic (exact) mass is 398 g/mol. The molecule has 0 radical (unpaired) electrons. The molecule has 0 bridgehead atoms. The summed E-state index contributed by atoms with van der Waals surface area (Å²) >= 11 is 3.59. The van der Waals surface area contributed by atoms with Gasteiger partial charge in [-0.2, -0.15) is 0 Å². The van der Waals surface area contributed by atoms with Crippen molar-refractivity contribution >= 4 is 15.9 Å². The van der Waals surface area contributed by atoms with Crippen LogP contribution in [-0.2, 0) is 0 Å². The smallest absolute Gasteiger partial charge is 0.0642 e. The predicted octanol–water partition coefficient (Wildman–Crippen LogP) is 5.44. The van der Waals surface area contributed by atoms with Crippen molar-refractivity contribution < 1.29 is 10.2 Å². The van der Waals surface area contributed by atoms with Gasteiger partial charge in [0, 0.05) is 5.92 Å². The van der Waals surface area contributed by atoms with Crippen molar-refractivity contribution in [1.82, 2.24) is 0 Å².